The van der Waals surface area contributed by atoms with Crippen LogP contribution in [0.1, 0.15) is 41.9 Å². The molecule has 1 aromatic heterocycles. The van der Waals surface area contributed by atoms with Crippen molar-refractivity contribution in [2.75, 3.05) is 13.7 Å². The molecule has 0 aliphatic heterocycles. The van der Waals surface area contributed by atoms with Crippen molar-refractivity contribution in [3.63, 3.8) is 0 Å². The zero-order chi connectivity index (χ0) is 13.1. The number of ether oxygens (including phenoxy) is 2. The fourth-order valence-corrected chi connectivity index (χ4v) is 1.05. The minimum absolute atomic E-state index is 0.00612. The van der Waals surface area contributed by atoms with Crippen LogP contribution in [0.15, 0.2) is 16.5 Å². The summed E-state index contributed by atoms with van der Waals surface area (Å²) < 4.78 is 14.8. The number of Topliss-reactive ketones (excluding diaryl/α,β-unsaturated/α-hetero) is 1. The lowest BCUT2D eigenvalue weighted by Gasteiger charge is -2.18. The van der Waals surface area contributed by atoms with Crippen LogP contribution in [0.3, 0.4) is 0 Å². The van der Waals surface area contributed by atoms with Crippen LogP contribution < -0.4 is 0 Å². The number of esters is 1. The average Bonchev–Trinajstić information content (AvgIpc) is 2.73. The number of hydrogen-bond donors (Lipinski definition) is 0. The first-order chi connectivity index (χ1) is 7.83. The monoisotopic (exact) mass is 240 g/mol. The largest absolute Gasteiger partial charge is 0.463 e. The summed E-state index contributed by atoms with van der Waals surface area (Å²) in [4.78, 5) is 22.8. The molecule has 0 spiro atoms. The third kappa shape index (κ3) is 4.03. The van der Waals surface area contributed by atoms with E-state index in [9.17, 15) is 9.59 Å². The molecular formula is C12H16O5. The first kappa shape index (κ1) is 13.4. The fourth-order valence-electron chi connectivity index (χ4n) is 1.05. The highest BCUT2D eigenvalue weighted by Gasteiger charge is 2.18. The Kier molecular flexibility index (Phi) is 4.07. The molecule has 5 nitrogen and oxygen atoms in total. The van der Waals surface area contributed by atoms with E-state index in [1.54, 1.807) is 0 Å². The van der Waals surface area contributed by atoms with Crippen molar-refractivity contribution in [1.82, 2.24) is 0 Å². The summed E-state index contributed by atoms with van der Waals surface area (Å²) >= 11 is 0. The van der Waals surface area contributed by atoms with E-state index in [1.807, 2.05) is 20.8 Å². The Morgan fingerprint density at radius 2 is 1.82 bits per heavy atom. The lowest BCUT2D eigenvalue weighted by Crippen LogP contribution is -2.23. The number of ketones is 1. The van der Waals surface area contributed by atoms with Crippen molar-refractivity contribution in [1.29, 1.82) is 0 Å². The first-order valence-electron chi connectivity index (χ1n) is 5.19. The molecule has 0 saturated heterocycles. The molecule has 94 valence electrons. The molecule has 1 aromatic rings. The van der Waals surface area contributed by atoms with Crippen molar-refractivity contribution in [2.24, 2.45) is 0 Å². The van der Waals surface area contributed by atoms with Crippen LogP contribution in [0.5, 0.6) is 0 Å². The molecule has 0 amide bonds. The van der Waals surface area contributed by atoms with Gasteiger partial charge in [0, 0.05) is 0 Å². The van der Waals surface area contributed by atoms with Crippen LogP contribution in [0.2, 0.25) is 0 Å². The predicted octanol–water partition coefficient (Wildman–Crippen LogP) is 2.06. The minimum atomic E-state index is -0.610. The normalized spacial score (nSPS) is 11.3. The fraction of sp³-hybridized carbons (Fsp3) is 0.500. The van der Waals surface area contributed by atoms with Crippen molar-refractivity contribution >= 4 is 11.8 Å². The highest BCUT2D eigenvalue weighted by molar-refractivity contribution is 5.96. The van der Waals surface area contributed by atoms with Gasteiger partial charge in [-0.3, -0.25) is 4.79 Å². The Bertz CT molecular complexity index is 411. The number of carbonyl (C=O) groups is 2. The Morgan fingerprint density at radius 1 is 1.24 bits per heavy atom. The predicted molar refractivity (Wildman–Crippen MR) is 60.1 cm³/mol. The van der Waals surface area contributed by atoms with Gasteiger partial charge in [0.25, 0.3) is 0 Å². The molecule has 0 aliphatic carbocycles. The second-order valence-electron chi connectivity index (χ2n) is 4.48. The van der Waals surface area contributed by atoms with E-state index in [-0.39, 0.29) is 23.9 Å². The van der Waals surface area contributed by atoms with Crippen molar-refractivity contribution in [2.45, 2.75) is 26.4 Å². The van der Waals surface area contributed by atoms with E-state index >= 15 is 0 Å². The van der Waals surface area contributed by atoms with Crippen LogP contribution >= 0.6 is 0 Å². The number of methoxy groups -OCH3 is 1. The van der Waals surface area contributed by atoms with Gasteiger partial charge in [0.2, 0.25) is 11.5 Å². The van der Waals surface area contributed by atoms with Crippen molar-refractivity contribution < 1.29 is 23.5 Å². The molecule has 1 heterocycles. The summed E-state index contributed by atoms with van der Waals surface area (Å²) in [5.41, 5.74) is -0.395. The van der Waals surface area contributed by atoms with Gasteiger partial charge in [0.15, 0.2) is 5.76 Å². The maximum Gasteiger partial charge on any atom is 0.373 e. The summed E-state index contributed by atoms with van der Waals surface area (Å²) in [5, 5.41) is 0. The lowest BCUT2D eigenvalue weighted by atomic mass is 10.2. The Balaban J connectivity index is 2.64. The molecule has 1 rings (SSSR count). The smallest absolute Gasteiger partial charge is 0.373 e. The van der Waals surface area contributed by atoms with Gasteiger partial charge >= 0.3 is 5.97 Å². The summed E-state index contributed by atoms with van der Waals surface area (Å²) in [6.07, 6.45) is 0. The molecule has 17 heavy (non-hydrogen) atoms. The summed E-state index contributed by atoms with van der Waals surface area (Å²) in [7, 11) is 1.25. The third-order valence-electron chi connectivity index (χ3n) is 1.90. The number of hydrogen-bond acceptors (Lipinski definition) is 5. The van der Waals surface area contributed by atoms with Gasteiger partial charge in [0.05, 0.1) is 12.7 Å². The molecule has 0 fully saturated rings. The van der Waals surface area contributed by atoms with E-state index in [1.165, 1.54) is 19.2 Å². The van der Waals surface area contributed by atoms with Crippen molar-refractivity contribution in [3.8, 4) is 0 Å². The van der Waals surface area contributed by atoms with Gasteiger partial charge in [-0.15, -0.1) is 0 Å². The van der Waals surface area contributed by atoms with E-state index in [2.05, 4.69) is 4.74 Å². The molecule has 0 aromatic carbocycles. The maximum absolute atomic E-state index is 11.6. The van der Waals surface area contributed by atoms with Gasteiger partial charge < -0.3 is 13.9 Å². The van der Waals surface area contributed by atoms with Crippen LogP contribution in [0.25, 0.3) is 0 Å². The van der Waals surface area contributed by atoms with Gasteiger partial charge in [-0.2, -0.15) is 0 Å². The Labute approximate surface area is 99.7 Å². The van der Waals surface area contributed by atoms with Crippen LogP contribution in [0, 0.1) is 0 Å². The van der Waals surface area contributed by atoms with E-state index in [4.69, 9.17) is 9.15 Å². The summed E-state index contributed by atoms with van der Waals surface area (Å²) in [6.45, 7) is 5.46. The minimum Gasteiger partial charge on any atom is -0.463 e. The summed E-state index contributed by atoms with van der Waals surface area (Å²) in [5.74, 6) is -0.822. The lowest BCUT2D eigenvalue weighted by molar-refractivity contribution is 0.00195. The highest BCUT2D eigenvalue weighted by Crippen LogP contribution is 2.12. The molecule has 0 radical (unpaired) electrons. The first-order valence-corrected chi connectivity index (χ1v) is 5.19. The van der Waals surface area contributed by atoms with Crippen LogP contribution in [-0.2, 0) is 9.47 Å². The molecule has 0 saturated carbocycles. The van der Waals surface area contributed by atoms with Crippen molar-refractivity contribution in [3.05, 3.63) is 23.7 Å². The molecule has 0 aliphatic rings. The van der Waals surface area contributed by atoms with Gasteiger partial charge in [-0.1, -0.05) is 0 Å². The topological polar surface area (TPSA) is 65.7 Å². The molecular weight excluding hydrogens is 224 g/mol. The quantitative estimate of drug-likeness (QED) is 0.595. The van der Waals surface area contributed by atoms with Crippen LogP contribution in [-0.4, -0.2) is 31.1 Å². The second kappa shape index (κ2) is 5.14. The molecule has 0 bridgehead atoms. The van der Waals surface area contributed by atoms with Gasteiger partial charge in [-0.25, -0.2) is 4.79 Å². The standard InChI is InChI=1S/C12H16O5/c1-12(2,3)16-7-8(13)9-5-6-10(17-9)11(14)15-4/h5-6H,7H2,1-4H3. The zero-order valence-corrected chi connectivity index (χ0v) is 10.4. The molecule has 0 atom stereocenters. The number of carbonyl (C=O) groups excluding carboxylic acids is 2. The summed E-state index contributed by atoms with van der Waals surface area (Å²) in [6, 6.07) is 2.83. The highest BCUT2D eigenvalue weighted by atomic mass is 16.5. The number of rotatable bonds is 4. The third-order valence-corrected chi connectivity index (χ3v) is 1.90. The van der Waals surface area contributed by atoms with E-state index < -0.39 is 11.6 Å². The molecule has 5 heteroatoms. The van der Waals surface area contributed by atoms with E-state index in [0.717, 1.165) is 0 Å². The second-order valence-corrected chi connectivity index (χ2v) is 4.48. The zero-order valence-electron chi connectivity index (χ0n) is 10.4. The average molecular weight is 240 g/mol. The number of furan rings is 1. The van der Waals surface area contributed by atoms with E-state index in [0.29, 0.717) is 0 Å². The SMILES string of the molecule is COC(=O)c1ccc(C(=O)COC(C)(C)C)o1. The Hall–Kier alpha value is -1.62. The maximum atomic E-state index is 11.6. The Morgan fingerprint density at radius 3 is 2.35 bits per heavy atom. The van der Waals surface area contributed by atoms with Crippen LogP contribution in [0.4, 0.5) is 0 Å². The van der Waals surface area contributed by atoms with Gasteiger partial charge in [-0.05, 0) is 32.9 Å². The van der Waals surface area contributed by atoms with Gasteiger partial charge in [0.1, 0.15) is 6.61 Å². The molecule has 0 N–H and O–H groups in total. The molecule has 0 unspecified atom stereocenters.